The van der Waals surface area contributed by atoms with E-state index in [4.69, 9.17) is 5.11 Å². The van der Waals surface area contributed by atoms with Crippen molar-refractivity contribution in [2.45, 2.75) is 39.0 Å². The number of rotatable bonds is 3. The molecule has 0 bridgehead atoms. The molecule has 5 nitrogen and oxygen atoms in total. The maximum atomic E-state index is 11.1. The van der Waals surface area contributed by atoms with Gasteiger partial charge in [0.25, 0.3) is 0 Å². The van der Waals surface area contributed by atoms with Gasteiger partial charge in [-0.15, -0.1) is 0 Å². The number of hydrogen-bond donors (Lipinski definition) is 1. The fourth-order valence-corrected chi connectivity index (χ4v) is 3.25. The summed E-state index contributed by atoms with van der Waals surface area (Å²) in [5, 5.41) is 9.12. The fraction of sp³-hybridized carbons (Fsp3) is 0.667. The molecule has 1 saturated carbocycles. The van der Waals surface area contributed by atoms with Gasteiger partial charge in [-0.1, -0.05) is 13.8 Å². The van der Waals surface area contributed by atoms with Crippen molar-refractivity contribution in [3.8, 4) is 0 Å². The number of anilines is 1. The predicted molar refractivity (Wildman–Crippen MR) is 75.7 cm³/mol. The molecule has 0 amide bonds. The zero-order chi connectivity index (χ0) is 14.3. The van der Waals surface area contributed by atoms with Crippen LogP contribution in [0.1, 0.15) is 44.9 Å². The Labute approximate surface area is 119 Å². The molecule has 1 N–H and O–H groups in total. The number of carboxylic acid groups (broad SMARTS) is 1. The van der Waals surface area contributed by atoms with Gasteiger partial charge >= 0.3 is 5.97 Å². The van der Waals surface area contributed by atoms with Crippen LogP contribution >= 0.6 is 0 Å². The van der Waals surface area contributed by atoms with Crippen molar-refractivity contribution in [2.75, 3.05) is 18.0 Å². The quantitative estimate of drug-likeness (QED) is 0.916. The van der Waals surface area contributed by atoms with Crippen LogP contribution in [0.4, 0.5) is 5.82 Å². The summed E-state index contributed by atoms with van der Waals surface area (Å²) in [5.41, 5.74) is 0.0796. The SMILES string of the molecule is CC(C)c1nccc(N2CCC3(CC2)CC3C(=O)O)n1. The number of carbonyl (C=O) groups is 1. The lowest BCUT2D eigenvalue weighted by molar-refractivity contribution is -0.139. The zero-order valence-corrected chi connectivity index (χ0v) is 12.0. The minimum absolute atomic E-state index is 0.0796. The maximum absolute atomic E-state index is 11.1. The first-order valence-electron chi connectivity index (χ1n) is 7.32. The topological polar surface area (TPSA) is 66.3 Å². The van der Waals surface area contributed by atoms with Crippen LogP contribution in [0.15, 0.2) is 12.3 Å². The second kappa shape index (κ2) is 4.72. The van der Waals surface area contributed by atoms with E-state index in [9.17, 15) is 4.79 Å². The van der Waals surface area contributed by atoms with Crippen molar-refractivity contribution in [1.82, 2.24) is 9.97 Å². The molecule has 0 radical (unpaired) electrons. The number of aromatic nitrogens is 2. The molecule has 20 heavy (non-hydrogen) atoms. The Balaban J connectivity index is 1.67. The zero-order valence-electron chi connectivity index (χ0n) is 12.0. The standard InChI is InChI=1S/C15H21N3O2/c1-10(2)13-16-6-3-12(17-13)18-7-4-15(5-8-18)9-11(15)14(19)20/h3,6,10-11H,4-5,7-9H2,1-2H3,(H,19,20). The summed E-state index contributed by atoms with van der Waals surface area (Å²) >= 11 is 0. The summed E-state index contributed by atoms with van der Waals surface area (Å²) in [5.74, 6) is 1.44. The minimum atomic E-state index is -0.623. The van der Waals surface area contributed by atoms with Crippen molar-refractivity contribution < 1.29 is 9.90 Å². The van der Waals surface area contributed by atoms with Gasteiger partial charge < -0.3 is 10.0 Å². The molecule has 2 fully saturated rings. The molecule has 1 aliphatic heterocycles. The maximum Gasteiger partial charge on any atom is 0.307 e. The van der Waals surface area contributed by atoms with Crippen LogP contribution in [0.25, 0.3) is 0 Å². The molecule has 1 saturated heterocycles. The second-order valence-electron chi connectivity index (χ2n) is 6.37. The van der Waals surface area contributed by atoms with E-state index in [1.165, 1.54) is 0 Å². The van der Waals surface area contributed by atoms with Crippen LogP contribution in [0.2, 0.25) is 0 Å². The summed E-state index contributed by atoms with van der Waals surface area (Å²) in [4.78, 5) is 22.2. The molecule has 0 aromatic carbocycles. The Morgan fingerprint density at radius 3 is 2.70 bits per heavy atom. The summed E-state index contributed by atoms with van der Waals surface area (Å²) in [6.45, 7) is 5.98. The largest absolute Gasteiger partial charge is 0.481 e. The van der Waals surface area contributed by atoms with Gasteiger partial charge in [0.2, 0.25) is 0 Å². The van der Waals surface area contributed by atoms with Crippen molar-refractivity contribution in [2.24, 2.45) is 11.3 Å². The van der Waals surface area contributed by atoms with Gasteiger partial charge in [-0.2, -0.15) is 0 Å². The van der Waals surface area contributed by atoms with Crippen molar-refractivity contribution in [1.29, 1.82) is 0 Å². The van der Waals surface area contributed by atoms with Crippen LogP contribution < -0.4 is 4.90 Å². The molecule has 1 unspecified atom stereocenters. The lowest BCUT2D eigenvalue weighted by Gasteiger charge is -2.33. The molecule has 1 aromatic rings. The Hall–Kier alpha value is -1.65. The number of piperidine rings is 1. The molecule has 2 aliphatic rings. The van der Waals surface area contributed by atoms with Gasteiger partial charge in [0.05, 0.1) is 5.92 Å². The first kappa shape index (κ1) is 13.3. The molecule has 108 valence electrons. The molecule has 3 rings (SSSR count). The molecule has 1 aromatic heterocycles. The van der Waals surface area contributed by atoms with E-state index in [0.29, 0.717) is 5.92 Å². The summed E-state index contributed by atoms with van der Waals surface area (Å²) < 4.78 is 0. The van der Waals surface area contributed by atoms with E-state index >= 15 is 0 Å². The molecule has 2 heterocycles. The monoisotopic (exact) mass is 275 g/mol. The third-order valence-electron chi connectivity index (χ3n) is 4.75. The van der Waals surface area contributed by atoms with Crippen molar-refractivity contribution in [3.05, 3.63) is 18.1 Å². The van der Waals surface area contributed by atoms with E-state index in [-0.39, 0.29) is 11.3 Å². The smallest absolute Gasteiger partial charge is 0.307 e. The average Bonchev–Trinajstić information content (AvgIpc) is 3.14. The summed E-state index contributed by atoms with van der Waals surface area (Å²) in [6.07, 6.45) is 4.60. The van der Waals surface area contributed by atoms with Crippen LogP contribution in [0.3, 0.4) is 0 Å². The van der Waals surface area contributed by atoms with Gasteiger partial charge in [-0.3, -0.25) is 4.79 Å². The van der Waals surface area contributed by atoms with Crippen LogP contribution in [-0.4, -0.2) is 34.1 Å². The third kappa shape index (κ3) is 2.25. The van der Waals surface area contributed by atoms with E-state index in [1.54, 1.807) is 0 Å². The molecular weight excluding hydrogens is 254 g/mol. The van der Waals surface area contributed by atoms with Gasteiger partial charge in [0, 0.05) is 25.2 Å². The lowest BCUT2D eigenvalue weighted by atomic mass is 9.91. The molecule has 5 heteroatoms. The fourth-order valence-electron chi connectivity index (χ4n) is 3.25. The van der Waals surface area contributed by atoms with E-state index in [0.717, 1.165) is 44.0 Å². The van der Waals surface area contributed by atoms with E-state index < -0.39 is 5.97 Å². The first-order valence-corrected chi connectivity index (χ1v) is 7.32. The molecular formula is C15H21N3O2. The van der Waals surface area contributed by atoms with E-state index in [2.05, 4.69) is 28.7 Å². The number of carboxylic acids is 1. The molecule has 1 spiro atoms. The highest BCUT2D eigenvalue weighted by Gasteiger charge is 2.58. The molecule has 1 atom stereocenters. The highest BCUT2D eigenvalue weighted by molar-refractivity contribution is 5.75. The Kier molecular flexibility index (Phi) is 3.15. The van der Waals surface area contributed by atoms with Crippen LogP contribution in [0, 0.1) is 11.3 Å². The van der Waals surface area contributed by atoms with Gasteiger partial charge in [0.15, 0.2) is 0 Å². The van der Waals surface area contributed by atoms with Gasteiger partial charge in [-0.25, -0.2) is 9.97 Å². The highest BCUT2D eigenvalue weighted by Crippen LogP contribution is 2.59. The van der Waals surface area contributed by atoms with Crippen LogP contribution in [-0.2, 0) is 4.79 Å². The highest BCUT2D eigenvalue weighted by atomic mass is 16.4. The predicted octanol–water partition coefficient (Wildman–Crippen LogP) is 2.29. The summed E-state index contributed by atoms with van der Waals surface area (Å²) in [6, 6.07) is 1.95. The summed E-state index contributed by atoms with van der Waals surface area (Å²) in [7, 11) is 0. The number of nitrogens with zero attached hydrogens (tertiary/aromatic N) is 3. The van der Waals surface area contributed by atoms with Gasteiger partial charge in [0.1, 0.15) is 11.6 Å². The third-order valence-corrected chi connectivity index (χ3v) is 4.75. The number of hydrogen-bond acceptors (Lipinski definition) is 4. The Morgan fingerprint density at radius 2 is 2.15 bits per heavy atom. The lowest BCUT2D eigenvalue weighted by Crippen LogP contribution is -2.36. The van der Waals surface area contributed by atoms with Crippen LogP contribution in [0.5, 0.6) is 0 Å². The van der Waals surface area contributed by atoms with E-state index in [1.807, 2.05) is 12.3 Å². The Bertz CT molecular complexity index is 522. The normalized spacial score (nSPS) is 24.1. The minimum Gasteiger partial charge on any atom is -0.481 e. The molecule has 1 aliphatic carbocycles. The van der Waals surface area contributed by atoms with Crippen molar-refractivity contribution in [3.63, 3.8) is 0 Å². The second-order valence-corrected chi connectivity index (χ2v) is 6.37. The number of aliphatic carboxylic acids is 1. The Morgan fingerprint density at radius 1 is 1.45 bits per heavy atom. The first-order chi connectivity index (χ1) is 9.52. The average molecular weight is 275 g/mol. The van der Waals surface area contributed by atoms with Crippen molar-refractivity contribution >= 4 is 11.8 Å². The van der Waals surface area contributed by atoms with Gasteiger partial charge in [-0.05, 0) is 30.7 Å².